The van der Waals surface area contributed by atoms with Gasteiger partial charge in [0.25, 0.3) is 0 Å². The van der Waals surface area contributed by atoms with Gasteiger partial charge in [-0.15, -0.1) is 0 Å². The van der Waals surface area contributed by atoms with Crippen molar-refractivity contribution in [2.75, 3.05) is 0 Å². The van der Waals surface area contributed by atoms with Crippen molar-refractivity contribution in [3.8, 4) is 0 Å². The van der Waals surface area contributed by atoms with Crippen LogP contribution in [0.2, 0.25) is 0 Å². The first-order chi connectivity index (χ1) is 7.34. The zero-order valence-electron chi connectivity index (χ0n) is 7.61. The first-order valence-corrected chi connectivity index (χ1v) is 4.17. The molecule has 0 bridgehead atoms. The Labute approximate surface area is 86.5 Å². The monoisotopic (exact) mass is 235 g/mol. The second-order valence-electron chi connectivity index (χ2n) is 3.18. The SMILES string of the molecule is FC(F)(F)C(F)(F)c1cccc2co[c]c12. The number of alkyl halides is 5. The van der Waals surface area contributed by atoms with Crippen molar-refractivity contribution in [2.45, 2.75) is 12.1 Å². The summed E-state index contributed by atoms with van der Waals surface area (Å²) in [7, 11) is 0. The maximum Gasteiger partial charge on any atom is 0.458 e. The van der Waals surface area contributed by atoms with E-state index in [9.17, 15) is 22.0 Å². The molecule has 0 atom stereocenters. The minimum absolute atomic E-state index is 0.154. The standard InChI is InChI=1S/C10H4F5O/c11-9(12,10(13,14)15)8-3-1-2-6-4-16-5-7(6)8/h1-4H. The maximum absolute atomic E-state index is 13.1. The van der Waals surface area contributed by atoms with Crippen molar-refractivity contribution >= 4 is 10.8 Å². The normalized spacial score (nSPS) is 13.3. The van der Waals surface area contributed by atoms with Crippen molar-refractivity contribution in [3.63, 3.8) is 0 Å². The van der Waals surface area contributed by atoms with Gasteiger partial charge in [-0.05, 0) is 0 Å². The molecule has 0 amide bonds. The Balaban J connectivity index is 2.68. The fourth-order valence-electron chi connectivity index (χ4n) is 1.35. The molecule has 1 aromatic heterocycles. The molecule has 1 heterocycles. The summed E-state index contributed by atoms with van der Waals surface area (Å²) in [6.45, 7) is 0. The molecule has 85 valence electrons. The van der Waals surface area contributed by atoms with Crippen LogP contribution in [0, 0.1) is 6.26 Å². The van der Waals surface area contributed by atoms with Crippen LogP contribution in [0.5, 0.6) is 0 Å². The van der Waals surface area contributed by atoms with Gasteiger partial charge < -0.3 is 4.42 Å². The highest BCUT2D eigenvalue weighted by atomic mass is 19.4. The van der Waals surface area contributed by atoms with Crippen LogP contribution in [-0.2, 0) is 5.92 Å². The minimum atomic E-state index is -5.63. The van der Waals surface area contributed by atoms with Crippen LogP contribution in [0.1, 0.15) is 5.56 Å². The number of furan rings is 1. The van der Waals surface area contributed by atoms with Crippen molar-refractivity contribution < 1.29 is 26.4 Å². The summed E-state index contributed by atoms with van der Waals surface area (Å²) in [5.74, 6) is -4.91. The molecular weight excluding hydrogens is 231 g/mol. The van der Waals surface area contributed by atoms with Crippen molar-refractivity contribution in [1.82, 2.24) is 0 Å². The third-order valence-electron chi connectivity index (χ3n) is 2.14. The first-order valence-electron chi connectivity index (χ1n) is 4.17. The highest BCUT2D eigenvalue weighted by Crippen LogP contribution is 2.45. The molecular formula is C10H4F5O. The molecule has 0 aliphatic carbocycles. The first kappa shape index (κ1) is 10.9. The summed E-state index contributed by atoms with van der Waals surface area (Å²) in [5, 5.41) is -0.203. The molecule has 0 aliphatic rings. The Kier molecular flexibility index (Phi) is 2.18. The number of rotatable bonds is 1. The smallest absolute Gasteiger partial charge is 0.458 e. The van der Waals surface area contributed by atoms with Crippen LogP contribution in [-0.4, -0.2) is 6.18 Å². The summed E-state index contributed by atoms with van der Waals surface area (Å²) >= 11 is 0. The molecule has 1 aromatic carbocycles. The van der Waals surface area contributed by atoms with Gasteiger partial charge in [-0.25, -0.2) is 0 Å². The lowest BCUT2D eigenvalue weighted by molar-refractivity contribution is -0.288. The zero-order valence-corrected chi connectivity index (χ0v) is 7.61. The van der Waals surface area contributed by atoms with E-state index in [0.717, 1.165) is 12.3 Å². The molecule has 0 aliphatic heterocycles. The van der Waals surface area contributed by atoms with E-state index >= 15 is 0 Å². The van der Waals surface area contributed by atoms with Gasteiger partial charge in [0.1, 0.15) is 0 Å². The van der Waals surface area contributed by atoms with Crippen molar-refractivity contribution in [1.29, 1.82) is 0 Å². The number of fused-ring (bicyclic) bond motifs is 1. The van der Waals surface area contributed by atoms with Gasteiger partial charge >= 0.3 is 12.1 Å². The van der Waals surface area contributed by atoms with Crippen LogP contribution in [0.4, 0.5) is 22.0 Å². The average Bonchev–Trinajstić information content (AvgIpc) is 2.62. The summed E-state index contributed by atoms with van der Waals surface area (Å²) in [4.78, 5) is 0. The van der Waals surface area contributed by atoms with Gasteiger partial charge in [-0.2, -0.15) is 22.0 Å². The molecule has 16 heavy (non-hydrogen) atoms. The minimum Gasteiger partial charge on any atom is -0.460 e. The predicted octanol–water partition coefficient (Wildman–Crippen LogP) is 3.89. The molecule has 1 nitrogen and oxygen atoms in total. The largest absolute Gasteiger partial charge is 0.460 e. The number of hydrogen-bond donors (Lipinski definition) is 0. The van der Waals surface area contributed by atoms with E-state index in [-0.39, 0.29) is 10.8 Å². The molecule has 0 saturated carbocycles. The third kappa shape index (κ3) is 1.45. The van der Waals surface area contributed by atoms with Crippen LogP contribution in [0.3, 0.4) is 0 Å². The summed E-state index contributed by atoms with van der Waals surface area (Å²) in [6, 6.07) is 3.19. The Bertz CT molecular complexity index is 511. The lowest BCUT2D eigenvalue weighted by Crippen LogP contribution is -2.33. The summed E-state index contributed by atoms with van der Waals surface area (Å²) in [6.07, 6.45) is -2.56. The lowest BCUT2D eigenvalue weighted by Gasteiger charge is -2.20. The number of benzene rings is 1. The van der Waals surface area contributed by atoms with E-state index in [2.05, 4.69) is 4.42 Å². The van der Waals surface area contributed by atoms with E-state index in [1.807, 2.05) is 6.26 Å². The van der Waals surface area contributed by atoms with Crippen LogP contribution in [0.25, 0.3) is 10.8 Å². The molecule has 6 heteroatoms. The number of halogens is 5. The summed E-state index contributed by atoms with van der Waals surface area (Å²) < 4.78 is 67.1. The van der Waals surface area contributed by atoms with Gasteiger partial charge in [0.15, 0.2) is 6.26 Å². The molecule has 0 unspecified atom stereocenters. The Morgan fingerprint density at radius 3 is 2.38 bits per heavy atom. The lowest BCUT2D eigenvalue weighted by atomic mass is 10.0. The Morgan fingerprint density at radius 2 is 1.75 bits per heavy atom. The molecule has 1 radical (unpaired) electrons. The molecule has 0 fully saturated rings. The predicted molar refractivity (Wildman–Crippen MR) is 45.0 cm³/mol. The fraction of sp³-hybridized carbons (Fsp3) is 0.200. The van der Waals surface area contributed by atoms with Crippen LogP contribution < -0.4 is 0 Å². The highest BCUT2D eigenvalue weighted by molar-refractivity contribution is 5.84. The Hall–Kier alpha value is -1.59. The summed E-state index contributed by atoms with van der Waals surface area (Å²) in [5.41, 5.74) is -1.15. The maximum atomic E-state index is 13.1. The molecule has 0 saturated heterocycles. The second kappa shape index (κ2) is 3.20. The van der Waals surface area contributed by atoms with E-state index in [1.54, 1.807) is 0 Å². The molecule has 0 N–H and O–H groups in total. The van der Waals surface area contributed by atoms with Gasteiger partial charge in [0, 0.05) is 16.3 Å². The van der Waals surface area contributed by atoms with E-state index in [0.29, 0.717) is 6.07 Å². The third-order valence-corrected chi connectivity index (χ3v) is 2.14. The van der Waals surface area contributed by atoms with Gasteiger partial charge in [0.2, 0.25) is 0 Å². The van der Waals surface area contributed by atoms with Crippen molar-refractivity contribution in [3.05, 3.63) is 36.3 Å². The average molecular weight is 235 g/mol. The van der Waals surface area contributed by atoms with Gasteiger partial charge in [0.05, 0.1) is 6.26 Å². The molecule has 2 aromatic rings. The second-order valence-corrected chi connectivity index (χ2v) is 3.18. The van der Waals surface area contributed by atoms with Crippen LogP contribution >= 0.6 is 0 Å². The Morgan fingerprint density at radius 1 is 1.06 bits per heavy atom. The highest BCUT2D eigenvalue weighted by Gasteiger charge is 2.59. The van der Waals surface area contributed by atoms with Gasteiger partial charge in [-0.1, -0.05) is 18.2 Å². The van der Waals surface area contributed by atoms with E-state index in [4.69, 9.17) is 0 Å². The fourth-order valence-corrected chi connectivity index (χ4v) is 1.35. The van der Waals surface area contributed by atoms with E-state index in [1.165, 1.54) is 6.07 Å². The zero-order chi connectivity index (χ0) is 12.0. The quantitative estimate of drug-likeness (QED) is 0.683. The molecule has 2 rings (SSSR count). The topological polar surface area (TPSA) is 13.1 Å². The van der Waals surface area contributed by atoms with Crippen molar-refractivity contribution in [2.24, 2.45) is 0 Å². The number of hydrogen-bond acceptors (Lipinski definition) is 1. The van der Waals surface area contributed by atoms with Gasteiger partial charge in [-0.3, -0.25) is 0 Å². The van der Waals surface area contributed by atoms with E-state index < -0.39 is 17.7 Å². The van der Waals surface area contributed by atoms with Crippen LogP contribution in [0.15, 0.2) is 28.9 Å². The molecule has 0 spiro atoms.